The minimum absolute atomic E-state index is 0.196. The van der Waals surface area contributed by atoms with Crippen LogP contribution in [0.1, 0.15) is 52.4 Å². The monoisotopic (exact) mass is 225 g/mol. The predicted molar refractivity (Wildman–Crippen MR) is 71.3 cm³/mol. The zero-order valence-corrected chi connectivity index (χ0v) is 10.7. The van der Waals surface area contributed by atoms with Gasteiger partial charge >= 0.3 is 0 Å². The Kier molecular flexibility index (Phi) is 10.5. The van der Waals surface area contributed by atoms with E-state index in [1.54, 1.807) is 13.0 Å². The van der Waals surface area contributed by atoms with E-state index in [2.05, 4.69) is 13.0 Å². The first-order valence-corrected chi connectivity index (χ1v) is 6.45. The van der Waals surface area contributed by atoms with Gasteiger partial charge in [0, 0.05) is 6.04 Å². The fourth-order valence-corrected chi connectivity index (χ4v) is 1.39. The maximum absolute atomic E-state index is 9.38. The smallest absolute Gasteiger partial charge is 0.0872 e. The highest BCUT2D eigenvalue weighted by molar-refractivity contribution is 5.05. The minimum Gasteiger partial charge on any atom is -0.387 e. The molecule has 0 aromatic rings. The maximum Gasteiger partial charge on any atom is 0.0872 e. The number of hydrogen-bond acceptors (Lipinski definition) is 2. The van der Waals surface area contributed by atoms with E-state index in [-0.39, 0.29) is 6.04 Å². The van der Waals surface area contributed by atoms with Gasteiger partial charge in [-0.05, 0) is 19.8 Å². The molecule has 16 heavy (non-hydrogen) atoms. The molecule has 2 nitrogen and oxygen atoms in total. The Hall–Kier alpha value is -0.600. The molecule has 2 unspecified atom stereocenters. The normalized spacial score (nSPS) is 16.0. The molecule has 2 atom stereocenters. The van der Waals surface area contributed by atoms with Gasteiger partial charge in [-0.25, -0.2) is 0 Å². The number of unbranched alkanes of at least 4 members (excludes halogenated alkanes) is 5. The van der Waals surface area contributed by atoms with Crippen LogP contribution in [0, 0.1) is 0 Å². The Balaban J connectivity index is 3.40. The van der Waals surface area contributed by atoms with E-state index >= 15 is 0 Å². The highest BCUT2D eigenvalue weighted by atomic mass is 16.3. The standard InChI is InChI=1S/C14H27NO/c1-3-4-5-6-7-8-9-10-11-12-14(16)13(2)15/h9-14,16H,3-8,15H2,1-2H3. The average molecular weight is 225 g/mol. The van der Waals surface area contributed by atoms with Crippen molar-refractivity contribution in [1.29, 1.82) is 0 Å². The Morgan fingerprint density at radius 3 is 2.44 bits per heavy atom. The van der Waals surface area contributed by atoms with Crippen LogP contribution >= 0.6 is 0 Å². The van der Waals surface area contributed by atoms with E-state index in [1.165, 1.54) is 32.1 Å². The average Bonchev–Trinajstić information content (AvgIpc) is 2.26. The second-order valence-corrected chi connectivity index (χ2v) is 4.37. The van der Waals surface area contributed by atoms with E-state index in [1.807, 2.05) is 12.2 Å². The van der Waals surface area contributed by atoms with Crippen LogP contribution in [-0.2, 0) is 0 Å². The Labute approximate surface area is 100 Å². The molecule has 0 bridgehead atoms. The molecular weight excluding hydrogens is 198 g/mol. The van der Waals surface area contributed by atoms with Crippen molar-refractivity contribution >= 4 is 0 Å². The molecule has 0 saturated heterocycles. The van der Waals surface area contributed by atoms with Crippen molar-refractivity contribution in [2.24, 2.45) is 5.73 Å². The number of hydrogen-bond donors (Lipinski definition) is 2. The Morgan fingerprint density at radius 2 is 1.81 bits per heavy atom. The van der Waals surface area contributed by atoms with Crippen molar-refractivity contribution in [1.82, 2.24) is 0 Å². The lowest BCUT2D eigenvalue weighted by molar-refractivity contribution is 0.198. The van der Waals surface area contributed by atoms with Crippen LogP contribution in [0.3, 0.4) is 0 Å². The highest BCUT2D eigenvalue weighted by Gasteiger charge is 2.02. The molecular formula is C14H27NO. The number of aliphatic hydroxyl groups is 1. The third-order valence-electron chi connectivity index (χ3n) is 2.57. The minimum atomic E-state index is -0.533. The zero-order chi connectivity index (χ0) is 12.2. The van der Waals surface area contributed by atoms with Gasteiger partial charge in [0.15, 0.2) is 0 Å². The topological polar surface area (TPSA) is 46.2 Å². The summed E-state index contributed by atoms with van der Waals surface area (Å²) in [5.74, 6) is 0. The molecule has 3 N–H and O–H groups in total. The van der Waals surface area contributed by atoms with Crippen molar-refractivity contribution in [3.05, 3.63) is 24.3 Å². The summed E-state index contributed by atoms with van der Waals surface area (Å²) in [4.78, 5) is 0. The zero-order valence-electron chi connectivity index (χ0n) is 10.7. The third-order valence-corrected chi connectivity index (χ3v) is 2.57. The first-order chi connectivity index (χ1) is 7.68. The molecule has 0 aliphatic rings. The Bertz CT molecular complexity index is 197. The molecule has 0 aliphatic carbocycles. The van der Waals surface area contributed by atoms with Crippen LogP contribution in [0.4, 0.5) is 0 Å². The van der Waals surface area contributed by atoms with Gasteiger partial charge in [0.25, 0.3) is 0 Å². The molecule has 0 aromatic carbocycles. The summed E-state index contributed by atoms with van der Waals surface area (Å²) in [6.45, 7) is 4.03. The lowest BCUT2D eigenvalue weighted by Crippen LogP contribution is -2.29. The van der Waals surface area contributed by atoms with Gasteiger partial charge in [-0.2, -0.15) is 0 Å². The van der Waals surface area contributed by atoms with E-state index in [9.17, 15) is 5.11 Å². The van der Waals surface area contributed by atoms with E-state index < -0.39 is 6.10 Å². The lowest BCUT2D eigenvalue weighted by Gasteiger charge is -2.07. The first-order valence-electron chi connectivity index (χ1n) is 6.45. The van der Waals surface area contributed by atoms with Crippen molar-refractivity contribution in [3.8, 4) is 0 Å². The van der Waals surface area contributed by atoms with Gasteiger partial charge in [0.1, 0.15) is 0 Å². The van der Waals surface area contributed by atoms with Gasteiger partial charge < -0.3 is 10.8 Å². The third kappa shape index (κ3) is 9.94. The van der Waals surface area contributed by atoms with Crippen LogP contribution in [0.15, 0.2) is 24.3 Å². The molecule has 2 heteroatoms. The summed E-state index contributed by atoms with van der Waals surface area (Å²) in [7, 11) is 0. The molecule has 0 aromatic heterocycles. The molecule has 0 amide bonds. The largest absolute Gasteiger partial charge is 0.387 e. The van der Waals surface area contributed by atoms with Gasteiger partial charge in [0.2, 0.25) is 0 Å². The van der Waals surface area contributed by atoms with Crippen molar-refractivity contribution in [2.45, 2.75) is 64.5 Å². The number of nitrogens with two attached hydrogens (primary N) is 1. The quantitative estimate of drug-likeness (QED) is 0.467. The van der Waals surface area contributed by atoms with Crippen LogP contribution in [0.2, 0.25) is 0 Å². The summed E-state index contributed by atoms with van der Waals surface area (Å²) < 4.78 is 0. The van der Waals surface area contributed by atoms with E-state index in [4.69, 9.17) is 5.73 Å². The maximum atomic E-state index is 9.38. The van der Waals surface area contributed by atoms with E-state index in [0.717, 1.165) is 6.42 Å². The predicted octanol–water partition coefficient (Wildman–Crippen LogP) is 3.17. The SMILES string of the molecule is CCCCCCCC=CC=CC(O)C(C)N. The number of rotatable bonds is 9. The summed E-state index contributed by atoms with van der Waals surface area (Å²) in [6.07, 6.45) is 14.9. The fourth-order valence-electron chi connectivity index (χ4n) is 1.39. The summed E-state index contributed by atoms with van der Waals surface area (Å²) in [5.41, 5.74) is 5.52. The second-order valence-electron chi connectivity index (χ2n) is 4.37. The molecule has 0 radical (unpaired) electrons. The van der Waals surface area contributed by atoms with Crippen molar-refractivity contribution in [2.75, 3.05) is 0 Å². The van der Waals surface area contributed by atoms with Gasteiger partial charge in [-0.3, -0.25) is 0 Å². The molecule has 0 heterocycles. The number of aliphatic hydroxyl groups excluding tert-OH is 1. The molecule has 94 valence electrons. The first kappa shape index (κ1) is 15.4. The lowest BCUT2D eigenvalue weighted by atomic mass is 10.1. The van der Waals surface area contributed by atoms with Gasteiger partial charge in [-0.15, -0.1) is 0 Å². The summed E-state index contributed by atoms with van der Waals surface area (Å²) in [6, 6.07) is -0.196. The highest BCUT2D eigenvalue weighted by Crippen LogP contribution is 2.05. The second kappa shape index (κ2) is 10.9. The summed E-state index contributed by atoms with van der Waals surface area (Å²) >= 11 is 0. The van der Waals surface area contributed by atoms with Gasteiger partial charge in [0.05, 0.1) is 6.10 Å². The molecule has 0 saturated carbocycles. The van der Waals surface area contributed by atoms with Crippen molar-refractivity contribution < 1.29 is 5.11 Å². The molecule has 0 rings (SSSR count). The van der Waals surface area contributed by atoms with Crippen LogP contribution < -0.4 is 5.73 Å². The van der Waals surface area contributed by atoms with Crippen LogP contribution in [-0.4, -0.2) is 17.3 Å². The fraction of sp³-hybridized carbons (Fsp3) is 0.714. The van der Waals surface area contributed by atoms with Gasteiger partial charge in [-0.1, -0.05) is 56.9 Å². The Morgan fingerprint density at radius 1 is 1.12 bits per heavy atom. The van der Waals surface area contributed by atoms with Crippen molar-refractivity contribution in [3.63, 3.8) is 0 Å². The van der Waals surface area contributed by atoms with Crippen LogP contribution in [0.25, 0.3) is 0 Å². The van der Waals surface area contributed by atoms with E-state index in [0.29, 0.717) is 0 Å². The molecule has 0 fully saturated rings. The molecule has 0 aliphatic heterocycles. The van der Waals surface area contributed by atoms with Crippen LogP contribution in [0.5, 0.6) is 0 Å². The summed E-state index contributed by atoms with van der Waals surface area (Å²) in [5, 5.41) is 9.38. The number of allylic oxidation sites excluding steroid dienone is 3. The molecule has 0 spiro atoms.